The molecule has 1 aliphatic rings. The quantitative estimate of drug-likeness (QED) is 0.294. The first kappa shape index (κ1) is 23.9. The molecule has 3 aromatic heterocycles. The van der Waals surface area contributed by atoms with Crippen LogP contribution < -0.4 is 10.8 Å². The van der Waals surface area contributed by atoms with Crippen molar-refractivity contribution in [3.8, 4) is 11.1 Å². The molecule has 1 aliphatic heterocycles. The van der Waals surface area contributed by atoms with Crippen molar-refractivity contribution < 1.29 is 24.0 Å². The molecule has 0 saturated carbocycles. The van der Waals surface area contributed by atoms with Crippen molar-refractivity contribution in [2.45, 2.75) is 25.2 Å². The molecule has 13 heteroatoms. The summed E-state index contributed by atoms with van der Waals surface area (Å²) in [6, 6.07) is 8.66. The van der Waals surface area contributed by atoms with Crippen molar-refractivity contribution in [1.29, 1.82) is 0 Å². The number of carbonyl (C=O) groups excluding carboxylic acids is 3. The molecule has 188 valence electrons. The molecule has 0 radical (unpaired) electrons. The van der Waals surface area contributed by atoms with Gasteiger partial charge in [-0.15, -0.1) is 0 Å². The Hall–Kier alpha value is -4.78. The fourth-order valence-corrected chi connectivity index (χ4v) is 4.38. The summed E-state index contributed by atoms with van der Waals surface area (Å²) in [4.78, 5) is 43.2. The van der Waals surface area contributed by atoms with Gasteiger partial charge in [0, 0.05) is 23.6 Å². The van der Waals surface area contributed by atoms with Crippen LogP contribution in [0.25, 0.3) is 22.0 Å². The number of nitrogens with two attached hydrogens (primary N) is 1. The lowest BCUT2D eigenvalue weighted by atomic mass is 10.0. The Morgan fingerprint density at radius 1 is 1.11 bits per heavy atom. The predicted molar refractivity (Wildman–Crippen MR) is 128 cm³/mol. The average molecular weight is 504 g/mol. The van der Waals surface area contributed by atoms with Crippen LogP contribution in [0.4, 0.5) is 10.1 Å². The summed E-state index contributed by atoms with van der Waals surface area (Å²) >= 11 is 0. The number of likely N-dealkylation sites (tertiary alicyclic amines) is 1. The summed E-state index contributed by atoms with van der Waals surface area (Å²) in [5, 5.41) is 23.0. The summed E-state index contributed by atoms with van der Waals surface area (Å²) in [6.07, 6.45) is 4.11. The van der Waals surface area contributed by atoms with Gasteiger partial charge in [0.25, 0.3) is 11.8 Å². The van der Waals surface area contributed by atoms with Crippen LogP contribution in [0.2, 0.25) is 0 Å². The van der Waals surface area contributed by atoms with E-state index in [9.17, 15) is 24.0 Å². The molecule has 0 spiro atoms. The molecule has 37 heavy (non-hydrogen) atoms. The maximum atomic E-state index is 14.4. The van der Waals surface area contributed by atoms with Crippen LogP contribution in [-0.4, -0.2) is 71.5 Å². The molecule has 5 rings (SSSR count). The van der Waals surface area contributed by atoms with E-state index >= 15 is 0 Å². The van der Waals surface area contributed by atoms with Crippen LogP contribution in [0, 0.1) is 0 Å². The number of primary amides is 1. The number of alkyl halides is 1. The van der Waals surface area contributed by atoms with E-state index in [2.05, 4.69) is 20.3 Å². The van der Waals surface area contributed by atoms with E-state index in [-0.39, 0.29) is 30.9 Å². The van der Waals surface area contributed by atoms with E-state index < -0.39 is 29.9 Å². The lowest BCUT2D eigenvalue weighted by molar-refractivity contribution is -0.140. The lowest BCUT2D eigenvalue weighted by Gasteiger charge is -2.26. The van der Waals surface area contributed by atoms with Gasteiger partial charge in [-0.05, 0) is 35.9 Å². The van der Waals surface area contributed by atoms with Gasteiger partial charge in [0.1, 0.15) is 18.8 Å². The second-order valence-corrected chi connectivity index (χ2v) is 8.49. The summed E-state index contributed by atoms with van der Waals surface area (Å²) in [5.41, 5.74) is 7.53. The third kappa shape index (κ3) is 4.59. The molecule has 4 heterocycles. The normalized spacial score (nSPS) is 17.2. The summed E-state index contributed by atoms with van der Waals surface area (Å²) in [6.45, 7) is -0.702. The van der Waals surface area contributed by atoms with Crippen molar-refractivity contribution in [1.82, 2.24) is 29.9 Å². The molecule has 3 amide bonds. The minimum absolute atomic E-state index is 0.0396. The van der Waals surface area contributed by atoms with E-state index in [4.69, 9.17) is 5.73 Å². The van der Waals surface area contributed by atoms with Crippen molar-refractivity contribution in [3.05, 3.63) is 66.9 Å². The second-order valence-electron chi connectivity index (χ2n) is 8.49. The maximum absolute atomic E-state index is 14.4. The Morgan fingerprint density at radius 3 is 2.65 bits per heavy atom. The highest BCUT2D eigenvalue weighted by molar-refractivity contribution is 6.05. The van der Waals surface area contributed by atoms with Gasteiger partial charge in [-0.25, -0.2) is 4.39 Å². The van der Waals surface area contributed by atoms with Crippen molar-refractivity contribution in [3.63, 3.8) is 0 Å². The van der Waals surface area contributed by atoms with Gasteiger partial charge in [0.15, 0.2) is 5.69 Å². The zero-order chi connectivity index (χ0) is 26.1. The van der Waals surface area contributed by atoms with Crippen LogP contribution in [0.5, 0.6) is 0 Å². The lowest BCUT2D eigenvalue weighted by Crippen LogP contribution is -2.48. The highest BCUT2D eigenvalue weighted by Crippen LogP contribution is 2.28. The number of amides is 3. The third-order valence-corrected chi connectivity index (χ3v) is 6.14. The molecular weight excluding hydrogens is 483 g/mol. The number of rotatable bonds is 6. The highest BCUT2D eigenvalue weighted by atomic mass is 19.1. The molecule has 1 fully saturated rings. The zero-order valence-electron chi connectivity index (χ0n) is 19.3. The number of nitrogens with zero attached hydrogens (tertiary/aromatic N) is 7. The van der Waals surface area contributed by atoms with Gasteiger partial charge in [0.05, 0.1) is 36.3 Å². The Labute approximate surface area is 209 Å². The number of aromatic nitrogens is 5. The maximum Gasteiger partial charge on any atom is 0.273 e. The molecular formula is C24H21FN8O4. The van der Waals surface area contributed by atoms with E-state index in [0.29, 0.717) is 16.0 Å². The van der Waals surface area contributed by atoms with Crippen LogP contribution in [0.3, 0.4) is 0 Å². The number of halogens is 1. The number of hydrogen-bond donors (Lipinski definition) is 2. The number of anilines is 1. The topological polar surface area (TPSA) is 160 Å². The average Bonchev–Trinajstić information content (AvgIpc) is 3.49. The van der Waals surface area contributed by atoms with Crippen LogP contribution in [0.15, 0.2) is 61.2 Å². The smallest absolute Gasteiger partial charge is 0.273 e. The first-order valence-electron chi connectivity index (χ1n) is 11.3. The first-order valence-corrected chi connectivity index (χ1v) is 11.3. The number of hydrogen-bond acceptors (Lipinski definition) is 8. The van der Waals surface area contributed by atoms with Gasteiger partial charge in [0.2, 0.25) is 5.91 Å². The van der Waals surface area contributed by atoms with Crippen LogP contribution in [-0.2, 0) is 16.1 Å². The highest BCUT2D eigenvalue weighted by Gasteiger charge is 2.42. The largest absolute Gasteiger partial charge is 0.364 e. The SMILES string of the molecule is NC(=O)c1nn(CC(=O)N2C[C@H](F)C[C@H]2C(=O)N(O)c2cccnc2)c2ccc(-c3ccnnc3)cc12. The fraction of sp³-hybridized carbons (Fsp3) is 0.208. The molecule has 3 N–H and O–H groups in total. The monoisotopic (exact) mass is 504 g/mol. The van der Waals surface area contributed by atoms with Crippen molar-refractivity contribution in [2.24, 2.45) is 5.73 Å². The van der Waals surface area contributed by atoms with E-state index in [1.165, 1.54) is 35.4 Å². The van der Waals surface area contributed by atoms with Gasteiger partial charge in [-0.3, -0.25) is 29.3 Å². The Morgan fingerprint density at radius 2 is 1.95 bits per heavy atom. The number of hydroxylamine groups is 1. The molecule has 4 aromatic rings. The standard InChI is InChI=1S/C24H21FN8O4/c25-16-9-20(24(36)33(37)17-2-1-6-27-11-17)31(12-16)21(34)13-32-19-4-3-14(15-5-7-28-29-10-15)8-18(19)22(30-32)23(26)35/h1-8,10-11,16,20,37H,9,12-13H2,(H2,26,35)/t16-,20+/m1/s1. The van der Waals surface area contributed by atoms with E-state index in [0.717, 1.165) is 16.0 Å². The van der Waals surface area contributed by atoms with E-state index in [1.54, 1.807) is 30.5 Å². The number of benzene rings is 1. The fourth-order valence-electron chi connectivity index (χ4n) is 4.38. The number of fused-ring (bicyclic) bond motifs is 1. The summed E-state index contributed by atoms with van der Waals surface area (Å²) in [5.74, 6) is -2.26. The number of carbonyl (C=O) groups is 3. The summed E-state index contributed by atoms with van der Waals surface area (Å²) < 4.78 is 15.7. The van der Waals surface area contributed by atoms with Crippen LogP contribution >= 0.6 is 0 Å². The molecule has 0 unspecified atom stereocenters. The van der Waals surface area contributed by atoms with E-state index in [1.807, 2.05) is 0 Å². The molecule has 0 aliphatic carbocycles. The second kappa shape index (κ2) is 9.70. The van der Waals surface area contributed by atoms with Crippen molar-refractivity contribution in [2.75, 3.05) is 11.6 Å². The minimum atomic E-state index is -1.45. The Balaban J connectivity index is 1.43. The molecule has 1 aromatic carbocycles. The first-order chi connectivity index (χ1) is 17.8. The zero-order valence-corrected chi connectivity index (χ0v) is 19.3. The minimum Gasteiger partial charge on any atom is -0.364 e. The Bertz CT molecular complexity index is 1480. The van der Waals surface area contributed by atoms with Crippen molar-refractivity contribution >= 4 is 34.3 Å². The van der Waals surface area contributed by atoms with Gasteiger partial charge >= 0.3 is 0 Å². The molecule has 12 nitrogen and oxygen atoms in total. The molecule has 2 atom stereocenters. The third-order valence-electron chi connectivity index (χ3n) is 6.14. The molecule has 0 bridgehead atoms. The predicted octanol–water partition coefficient (Wildman–Crippen LogP) is 1.35. The summed E-state index contributed by atoms with van der Waals surface area (Å²) in [7, 11) is 0. The Kier molecular flexibility index (Phi) is 6.27. The van der Waals surface area contributed by atoms with Gasteiger partial charge < -0.3 is 10.6 Å². The van der Waals surface area contributed by atoms with Crippen LogP contribution in [0.1, 0.15) is 16.9 Å². The molecule has 1 saturated heterocycles. The van der Waals surface area contributed by atoms with Gasteiger partial charge in [-0.2, -0.15) is 20.4 Å². The van der Waals surface area contributed by atoms with Gasteiger partial charge in [-0.1, -0.05) is 6.07 Å². The number of pyridine rings is 1.